The van der Waals surface area contributed by atoms with Crippen LogP contribution in [0, 0.1) is 19.8 Å². The first kappa shape index (κ1) is 23.4. The van der Waals surface area contributed by atoms with Crippen LogP contribution >= 0.6 is 24.8 Å². The van der Waals surface area contributed by atoms with Crippen molar-refractivity contribution < 1.29 is 4.79 Å². The van der Waals surface area contributed by atoms with Crippen molar-refractivity contribution in [1.82, 2.24) is 25.4 Å². The number of hydrogen-bond donors (Lipinski definition) is 2. The number of amides is 1. The molecule has 2 aromatic rings. The molecule has 8 heteroatoms. The summed E-state index contributed by atoms with van der Waals surface area (Å²) in [7, 11) is 0. The lowest BCUT2D eigenvalue weighted by molar-refractivity contribution is 0.0951. The minimum absolute atomic E-state index is 0. The van der Waals surface area contributed by atoms with Crippen molar-refractivity contribution in [1.29, 1.82) is 0 Å². The SMILES string of the molecule is Cc1nc(C)n(CCCNC(=O)c2ccccc2CC2CCNC2)n1.Cl.Cl. The van der Waals surface area contributed by atoms with Crippen LogP contribution in [0.25, 0.3) is 0 Å². The molecular formula is C19H29Cl2N5O. The van der Waals surface area contributed by atoms with Crippen LogP contribution in [0.5, 0.6) is 0 Å². The summed E-state index contributed by atoms with van der Waals surface area (Å²) in [6.45, 7) is 7.38. The summed E-state index contributed by atoms with van der Waals surface area (Å²) in [5.74, 6) is 2.36. The summed E-state index contributed by atoms with van der Waals surface area (Å²) < 4.78 is 1.89. The second kappa shape index (κ2) is 11.3. The maximum atomic E-state index is 12.6. The van der Waals surface area contributed by atoms with Crippen molar-refractivity contribution in [3.05, 3.63) is 47.0 Å². The molecule has 0 saturated carbocycles. The van der Waals surface area contributed by atoms with E-state index in [1.807, 2.05) is 36.7 Å². The summed E-state index contributed by atoms with van der Waals surface area (Å²) in [5.41, 5.74) is 1.96. The molecule has 2 N–H and O–H groups in total. The molecule has 0 radical (unpaired) electrons. The Hall–Kier alpha value is -1.63. The number of nitrogens with zero attached hydrogens (tertiary/aromatic N) is 3. The summed E-state index contributed by atoms with van der Waals surface area (Å²) in [6.07, 6.45) is 2.99. The predicted octanol–water partition coefficient (Wildman–Crippen LogP) is 2.71. The van der Waals surface area contributed by atoms with E-state index in [2.05, 4.69) is 26.8 Å². The second-order valence-electron chi connectivity index (χ2n) is 6.76. The Balaban J connectivity index is 0.00000182. The van der Waals surface area contributed by atoms with Gasteiger partial charge in [-0.25, -0.2) is 4.98 Å². The van der Waals surface area contributed by atoms with E-state index in [0.717, 1.165) is 55.3 Å². The molecule has 2 heterocycles. The summed E-state index contributed by atoms with van der Waals surface area (Å²) >= 11 is 0. The first-order chi connectivity index (χ1) is 12.1. The summed E-state index contributed by atoms with van der Waals surface area (Å²) in [5, 5.41) is 10.8. The highest BCUT2D eigenvalue weighted by atomic mass is 35.5. The van der Waals surface area contributed by atoms with Crippen LogP contribution in [-0.2, 0) is 13.0 Å². The molecule has 0 spiro atoms. The van der Waals surface area contributed by atoms with E-state index in [0.29, 0.717) is 12.5 Å². The summed E-state index contributed by atoms with van der Waals surface area (Å²) in [6, 6.07) is 7.96. The maximum Gasteiger partial charge on any atom is 0.251 e. The number of carbonyl (C=O) groups is 1. The van der Waals surface area contributed by atoms with Gasteiger partial charge < -0.3 is 10.6 Å². The van der Waals surface area contributed by atoms with Gasteiger partial charge in [-0.2, -0.15) is 5.10 Å². The molecule has 1 fully saturated rings. The minimum Gasteiger partial charge on any atom is -0.352 e. The molecule has 1 unspecified atom stereocenters. The van der Waals surface area contributed by atoms with Gasteiger partial charge in [-0.1, -0.05) is 18.2 Å². The number of rotatable bonds is 7. The Labute approximate surface area is 173 Å². The fourth-order valence-corrected chi connectivity index (χ4v) is 3.42. The highest BCUT2D eigenvalue weighted by Gasteiger charge is 2.18. The molecule has 1 amide bonds. The van der Waals surface area contributed by atoms with E-state index in [-0.39, 0.29) is 30.7 Å². The van der Waals surface area contributed by atoms with Gasteiger partial charge in [0.15, 0.2) is 0 Å². The topological polar surface area (TPSA) is 71.8 Å². The fraction of sp³-hybridized carbons (Fsp3) is 0.526. The molecule has 0 aliphatic carbocycles. The Morgan fingerprint density at radius 1 is 1.30 bits per heavy atom. The van der Waals surface area contributed by atoms with Crippen molar-refractivity contribution in [2.45, 2.75) is 39.7 Å². The highest BCUT2D eigenvalue weighted by molar-refractivity contribution is 5.95. The van der Waals surface area contributed by atoms with Crippen LogP contribution < -0.4 is 10.6 Å². The molecule has 1 atom stereocenters. The molecule has 1 aromatic carbocycles. The second-order valence-corrected chi connectivity index (χ2v) is 6.76. The lowest BCUT2D eigenvalue weighted by Gasteiger charge is -2.13. The molecule has 27 heavy (non-hydrogen) atoms. The molecule has 1 aliphatic heterocycles. The number of aryl methyl sites for hydroxylation is 3. The first-order valence-corrected chi connectivity index (χ1v) is 9.08. The molecule has 1 aromatic heterocycles. The highest BCUT2D eigenvalue weighted by Crippen LogP contribution is 2.18. The van der Waals surface area contributed by atoms with Gasteiger partial charge in [0.25, 0.3) is 5.91 Å². The van der Waals surface area contributed by atoms with Gasteiger partial charge in [0.2, 0.25) is 0 Å². The van der Waals surface area contributed by atoms with Crippen molar-refractivity contribution in [3.63, 3.8) is 0 Å². The number of benzene rings is 1. The smallest absolute Gasteiger partial charge is 0.251 e. The zero-order chi connectivity index (χ0) is 17.6. The standard InChI is InChI=1S/C19H27N5O.2ClH/c1-14-22-15(2)24(23-14)11-5-9-21-19(25)18-7-4-3-6-17(18)12-16-8-10-20-13-16;;/h3-4,6-7,16,20H,5,8-13H2,1-2H3,(H,21,25);2*1H. The van der Waals surface area contributed by atoms with Crippen LogP contribution in [0.2, 0.25) is 0 Å². The van der Waals surface area contributed by atoms with Crippen LogP contribution in [0.4, 0.5) is 0 Å². The number of hydrogen-bond acceptors (Lipinski definition) is 4. The molecule has 3 rings (SSSR count). The van der Waals surface area contributed by atoms with Crippen LogP contribution in [0.15, 0.2) is 24.3 Å². The van der Waals surface area contributed by atoms with E-state index in [1.165, 1.54) is 6.42 Å². The molecule has 6 nitrogen and oxygen atoms in total. The van der Waals surface area contributed by atoms with Crippen LogP contribution in [0.1, 0.15) is 40.4 Å². The predicted molar refractivity (Wildman–Crippen MR) is 112 cm³/mol. The van der Waals surface area contributed by atoms with E-state index in [4.69, 9.17) is 0 Å². The molecule has 0 bridgehead atoms. The van der Waals surface area contributed by atoms with Crippen LogP contribution in [-0.4, -0.2) is 40.3 Å². The Morgan fingerprint density at radius 3 is 2.74 bits per heavy atom. The molecule has 1 saturated heterocycles. The number of halogens is 2. The minimum atomic E-state index is 0. The monoisotopic (exact) mass is 413 g/mol. The van der Waals surface area contributed by atoms with Gasteiger partial charge >= 0.3 is 0 Å². The molecule has 150 valence electrons. The lowest BCUT2D eigenvalue weighted by atomic mass is 9.94. The first-order valence-electron chi connectivity index (χ1n) is 9.08. The van der Waals surface area contributed by atoms with Crippen LogP contribution in [0.3, 0.4) is 0 Å². The largest absolute Gasteiger partial charge is 0.352 e. The average Bonchev–Trinajstić information content (AvgIpc) is 3.21. The van der Waals surface area contributed by atoms with Gasteiger partial charge in [-0.15, -0.1) is 24.8 Å². The third-order valence-electron chi connectivity index (χ3n) is 4.73. The number of aromatic nitrogens is 3. The number of carbonyl (C=O) groups excluding carboxylic acids is 1. The van der Waals surface area contributed by atoms with Gasteiger partial charge in [0.1, 0.15) is 11.6 Å². The van der Waals surface area contributed by atoms with E-state index < -0.39 is 0 Å². The van der Waals surface area contributed by atoms with E-state index in [1.54, 1.807) is 0 Å². The van der Waals surface area contributed by atoms with Gasteiger partial charge in [-0.3, -0.25) is 9.48 Å². The van der Waals surface area contributed by atoms with Crippen molar-refractivity contribution >= 4 is 30.7 Å². The Morgan fingerprint density at radius 2 is 2.07 bits per heavy atom. The van der Waals surface area contributed by atoms with E-state index >= 15 is 0 Å². The fourth-order valence-electron chi connectivity index (χ4n) is 3.42. The van der Waals surface area contributed by atoms with Crippen molar-refractivity contribution in [2.24, 2.45) is 5.92 Å². The van der Waals surface area contributed by atoms with Gasteiger partial charge in [0.05, 0.1) is 0 Å². The van der Waals surface area contributed by atoms with Crippen molar-refractivity contribution in [2.75, 3.05) is 19.6 Å². The zero-order valence-corrected chi connectivity index (χ0v) is 17.5. The van der Waals surface area contributed by atoms with Gasteiger partial charge in [-0.05, 0) is 63.7 Å². The number of nitrogens with one attached hydrogen (secondary N) is 2. The average molecular weight is 414 g/mol. The third kappa shape index (κ3) is 6.48. The maximum absolute atomic E-state index is 12.6. The van der Waals surface area contributed by atoms with Gasteiger partial charge in [0, 0.05) is 18.7 Å². The summed E-state index contributed by atoms with van der Waals surface area (Å²) in [4.78, 5) is 16.9. The van der Waals surface area contributed by atoms with Crippen molar-refractivity contribution in [3.8, 4) is 0 Å². The third-order valence-corrected chi connectivity index (χ3v) is 4.73. The molecule has 1 aliphatic rings. The Bertz CT molecular complexity index is 729. The van der Waals surface area contributed by atoms with E-state index in [9.17, 15) is 4.79 Å². The zero-order valence-electron chi connectivity index (χ0n) is 15.9. The molecular weight excluding hydrogens is 385 g/mol. The quantitative estimate of drug-likeness (QED) is 0.684. The Kier molecular flexibility index (Phi) is 9.77. The normalized spacial score (nSPS) is 15.7. The lowest BCUT2D eigenvalue weighted by Crippen LogP contribution is -2.27.